The molecule has 4 saturated carbocycles. The molecule has 0 aromatic heterocycles. The monoisotopic (exact) mass is 516 g/mol. The Morgan fingerprint density at radius 2 is 1.11 bits per heavy atom. The second kappa shape index (κ2) is 10.5. The zero-order chi connectivity index (χ0) is 23.7. The van der Waals surface area contributed by atoms with Gasteiger partial charge in [-0.2, -0.15) is 0 Å². The van der Waals surface area contributed by atoms with Crippen LogP contribution in [0.1, 0.15) is 38.5 Å². The smallest absolute Gasteiger partial charge is 0.334 e. The van der Waals surface area contributed by atoms with Crippen LogP contribution >= 0.6 is 7.26 Å². The van der Waals surface area contributed by atoms with E-state index in [0.29, 0.717) is 6.61 Å². The summed E-state index contributed by atoms with van der Waals surface area (Å²) >= 11 is 0. The molecule has 4 bridgehead atoms. The van der Waals surface area contributed by atoms with Gasteiger partial charge in [0.05, 0.1) is 18.5 Å². The molecule has 4 aliphatic carbocycles. The van der Waals surface area contributed by atoms with Gasteiger partial charge in [-0.25, -0.2) is 4.79 Å². The summed E-state index contributed by atoms with van der Waals surface area (Å²) in [5.74, 6) is 4.55. The lowest BCUT2D eigenvalue weighted by atomic mass is 9.50. The van der Waals surface area contributed by atoms with Crippen LogP contribution in [0.25, 0.3) is 0 Å². The van der Waals surface area contributed by atoms with Crippen LogP contribution in [0.4, 0.5) is 0 Å². The van der Waals surface area contributed by atoms with Crippen LogP contribution in [0, 0.1) is 23.2 Å². The van der Waals surface area contributed by atoms with Crippen LogP contribution in [0.15, 0.2) is 103 Å². The zero-order valence-corrected chi connectivity index (χ0v) is 22.3. The predicted molar refractivity (Wildman–Crippen MR) is 146 cm³/mol. The summed E-state index contributed by atoms with van der Waals surface area (Å²) in [6, 6.07) is 31.9. The normalized spacial score (nSPS) is 26.5. The Morgan fingerprint density at radius 1 is 0.722 bits per heavy atom. The van der Waals surface area contributed by atoms with Crippen LogP contribution in [0.5, 0.6) is 0 Å². The molecule has 0 heterocycles. The van der Waals surface area contributed by atoms with Crippen molar-refractivity contribution in [3.05, 3.63) is 103 Å². The summed E-state index contributed by atoms with van der Waals surface area (Å²) in [7, 11) is -2.17. The molecule has 0 radical (unpaired) electrons. The topological polar surface area (TPSA) is 26.3 Å². The number of benzene rings is 3. The van der Waals surface area contributed by atoms with Crippen molar-refractivity contribution in [2.75, 3.05) is 6.61 Å². The molecule has 186 valence electrons. The zero-order valence-electron chi connectivity index (χ0n) is 20.6. The van der Waals surface area contributed by atoms with E-state index in [1.807, 2.05) is 0 Å². The van der Waals surface area contributed by atoms with Gasteiger partial charge in [0, 0.05) is 5.41 Å². The molecule has 0 unspecified atom stereocenters. The number of carbonyl (C=O) groups is 1. The fourth-order valence-corrected chi connectivity index (χ4v) is 11.3. The maximum absolute atomic E-state index is 13.2. The first-order valence-corrected chi connectivity index (χ1v) is 14.9. The average molecular weight is 517 g/mol. The van der Waals surface area contributed by atoms with Gasteiger partial charge in [-0.3, -0.25) is 0 Å². The Balaban J connectivity index is 0.00000267. The number of carbonyl (C=O) groups excluding carboxylic acids is 1. The summed E-state index contributed by atoms with van der Waals surface area (Å²) < 4.78 is 6.02. The fourth-order valence-electron chi connectivity index (χ4n) is 7.61. The highest BCUT2D eigenvalue weighted by atomic mass is 35.5. The minimum atomic E-state index is -2.17. The van der Waals surface area contributed by atoms with Crippen LogP contribution in [-0.2, 0) is 9.53 Å². The summed E-state index contributed by atoms with van der Waals surface area (Å²) in [5.41, 5.74) is 0.239. The molecule has 0 spiro atoms. The molecule has 4 fully saturated rings. The fraction of sp³-hybridized carbons (Fsp3) is 0.344. The lowest BCUT2D eigenvalue weighted by Gasteiger charge is -2.56. The highest BCUT2D eigenvalue weighted by Crippen LogP contribution is 2.60. The van der Waals surface area contributed by atoms with Gasteiger partial charge in [0.1, 0.15) is 23.2 Å². The van der Waals surface area contributed by atoms with Crippen molar-refractivity contribution in [1.82, 2.24) is 0 Å². The van der Waals surface area contributed by atoms with E-state index < -0.39 is 7.26 Å². The largest absolute Gasteiger partial charge is 1.00 e. The van der Waals surface area contributed by atoms with Crippen molar-refractivity contribution in [2.24, 2.45) is 23.2 Å². The maximum Gasteiger partial charge on any atom is 0.334 e. The Kier molecular flexibility index (Phi) is 7.38. The van der Waals surface area contributed by atoms with Crippen molar-refractivity contribution < 1.29 is 21.9 Å². The van der Waals surface area contributed by atoms with E-state index in [2.05, 4.69) is 96.8 Å². The Bertz CT molecular complexity index is 1060. The molecule has 4 aliphatic rings. The molecule has 0 aliphatic heterocycles. The number of halogens is 1. The quantitative estimate of drug-likeness (QED) is 0.274. The Morgan fingerprint density at radius 3 is 1.50 bits per heavy atom. The molecule has 3 aromatic carbocycles. The average Bonchev–Trinajstić information content (AvgIpc) is 2.89. The standard InChI is InChI=1S/C32H34O2P.ClH/c33-31(34-24-32-21-25-18-26(22-32)20-27(19-25)23-32)16-17-35(28-10-4-1-5-11-28,29-12-6-2-7-13-29)30-14-8-3-9-15-30;/h1-17,25-27H,18-24H2;1H/q+1;/p-1/b17-16+;. The first-order valence-electron chi connectivity index (χ1n) is 13.1. The third-order valence-corrected chi connectivity index (χ3v) is 12.5. The molecule has 7 rings (SSSR count). The van der Waals surface area contributed by atoms with E-state index in [0.717, 1.165) is 17.8 Å². The van der Waals surface area contributed by atoms with Gasteiger partial charge in [0.2, 0.25) is 0 Å². The van der Waals surface area contributed by atoms with Crippen molar-refractivity contribution in [2.45, 2.75) is 38.5 Å². The van der Waals surface area contributed by atoms with Crippen LogP contribution < -0.4 is 28.3 Å². The van der Waals surface area contributed by atoms with Gasteiger partial charge in [-0.1, -0.05) is 54.6 Å². The van der Waals surface area contributed by atoms with E-state index in [-0.39, 0.29) is 23.8 Å². The number of esters is 1. The summed E-state index contributed by atoms with van der Waals surface area (Å²) in [4.78, 5) is 13.2. The minimum absolute atomic E-state index is 0. The van der Waals surface area contributed by atoms with E-state index in [1.54, 1.807) is 6.08 Å². The number of ether oxygens (including phenoxy) is 1. The van der Waals surface area contributed by atoms with E-state index >= 15 is 0 Å². The summed E-state index contributed by atoms with van der Waals surface area (Å²) in [5, 5.41) is 3.72. The summed E-state index contributed by atoms with van der Waals surface area (Å²) in [6.45, 7) is 0.590. The summed E-state index contributed by atoms with van der Waals surface area (Å²) in [6.07, 6.45) is 9.71. The molecule has 4 heteroatoms. The highest BCUT2D eigenvalue weighted by Gasteiger charge is 2.51. The van der Waals surface area contributed by atoms with Gasteiger partial charge in [-0.05, 0) is 92.7 Å². The molecule has 0 amide bonds. The molecule has 0 atom stereocenters. The van der Waals surface area contributed by atoms with E-state index in [4.69, 9.17) is 4.74 Å². The van der Waals surface area contributed by atoms with Gasteiger partial charge < -0.3 is 17.1 Å². The van der Waals surface area contributed by atoms with Crippen LogP contribution in [0.2, 0.25) is 0 Å². The second-order valence-corrected chi connectivity index (χ2v) is 14.4. The molecular formula is C32H34ClO2P. The number of hydrogen-bond donors (Lipinski definition) is 0. The first kappa shape index (κ1) is 25.2. The molecular weight excluding hydrogens is 483 g/mol. The van der Waals surface area contributed by atoms with Crippen molar-refractivity contribution >= 4 is 29.1 Å². The predicted octanol–water partition coefficient (Wildman–Crippen LogP) is 3.26. The third-order valence-electron chi connectivity index (χ3n) is 8.61. The van der Waals surface area contributed by atoms with Gasteiger partial charge >= 0.3 is 5.97 Å². The third kappa shape index (κ3) is 4.79. The molecule has 0 N–H and O–H groups in total. The molecule has 0 saturated heterocycles. The van der Waals surface area contributed by atoms with Gasteiger partial charge in [-0.15, -0.1) is 0 Å². The minimum Gasteiger partial charge on any atom is -1.00 e. The molecule has 3 aromatic rings. The van der Waals surface area contributed by atoms with Gasteiger partial charge in [0.25, 0.3) is 0 Å². The first-order chi connectivity index (χ1) is 17.2. The van der Waals surface area contributed by atoms with Crippen molar-refractivity contribution in [3.8, 4) is 0 Å². The Hall–Kier alpha value is -2.41. The van der Waals surface area contributed by atoms with E-state index in [1.165, 1.54) is 54.4 Å². The lowest BCUT2D eigenvalue weighted by Crippen LogP contribution is -3.00. The van der Waals surface area contributed by atoms with Crippen LogP contribution in [-0.4, -0.2) is 12.6 Å². The van der Waals surface area contributed by atoms with Gasteiger partial charge in [0.15, 0.2) is 0 Å². The highest BCUT2D eigenvalue weighted by molar-refractivity contribution is 7.98. The second-order valence-electron chi connectivity index (χ2n) is 11.1. The maximum atomic E-state index is 13.2. The van der Waals surface area contributed by atoms with Crippen molar-refractivity contribution in [3.63, 3.8) is 0 Å². The molecule has 2 nitrogen and oxygen atoms in total. The molecule has 36 heavy (non-hydrogen) atoms. The Labute approximate surface area is 221 Å². The number of hydrogen-bond acceptors (Lipinski definition) is 2. The lowest BCUT2D eigenvalue weighted by molar-refractivity contribution is -0.149. The van der Waals surface area contributed by atoms with Crippen molar-refractivity contribution in [1.29, 1.82) is 0 Å². The number of rotatable bonds is 7. The van der Waals surface area contributed by atoms with E-state index in [9.17, 15) is 4.79 Å². The van der Waals surface area contributed by atoms with Crippen LogP contribution in [0.3, 0.4) is 0 Å². The SMILES string of the molecule is O=C(/C=C/[P+](c1ccccc1)(c1ccccc1)c1ccccc1)OCC12CC3CC(CC(C3)C1)C2.[Cl-].